The number of phenols is 2. The van der Waals surface area contributed by atoms with Gasteiger partial charge in [-0.3, -0.25) is 4.79 Å². The van der Waals surface area contributed by atoms with Gasteiger partial charge in [-0.2, -0.15) is 0 Å². The zero-order chi connectivity index (χ0) is 19.6. The van der Waals surface area contributed by atoms with Crippen molar-refractivity contribution in [3.8, 4) is 39.7 Å². The van der Waals surface area contributed by atoms with E-state index in [9.17, 15) is 20.1 Å². The lowest BCUT2D eigenvalue weighted by Gasteiger charge is -2.10. The maximum atomic E-state index is 12.6. The topological polar surface area (TPSA) is 106 Å². The molecule has 0 saturated carbocycles. The van der Waals surface area contributed by atoms with Crippen LogP contribution in [0, 0.1) is 0 Å². The molecular formula is C20H22N2O5. The number of carbonyl (C=O) groups excluding carboxylic acids is 1. The molecule has 7 nitrogen and oxygen atoms in total. The fourth-order valence-corrected chi connectivity index (χ4v) is 2.97. The number of aromatic hydroxyl groups is 3. The summed E-state index contributed by atoms with van der Waals surface area (Å²) in [4.78, 5) is 14.7. The van der Waals surface area contributed by atoms with Gasteiger partial charge in [0.2, 0.25) is 0 Å². The van der Waals surface area contributed by atoms with E-state index in [4.69, 9.17) is 4.42 Å². The molecule has 0 radical (unpaired) electrons. The van der Waals surface area contributed by atoms with E-state index >= 15 is 0 Å². The van der Waals surface area contributed by atoms with Crippen molar-refractivity contribution in [2.24, 2.45) is 0 Å². The molecule has 1 aliphatic heterocycles. The van der Waals surface area contributed by atoms with Crippen molar-refractivity contribution in [2.45, 2.75) is 6.42 Å². The van der Waals surface area contributed by atoms with Gasteiger partial charge in [0.25, 0.3) is 5.91 Å². The number of rotatable bonds is 6. The van der Waals surface area contributed by atoms with Crippen molar-refractivity contribution in [2.75, 3.05) is 27.2 Å². The molecule has 1 aromatic rings. The minimum Gasteiger partial charge on any atom is -0.508 e. The van der Waals surface area contributed by atoms with Crippen molar-refractivity contribution in [1.82, 2.24) is 10.2 Å². The fourth-order valence-electron chi connectivity index (χ4n) is 2.97. The van der Waals surface area contributed by atoms with Crippen molar-refractivity contribution in [3.05, 3.63) is 42.2 Å². The van der Waals surface area contributed by atoms with Gasteiger partial charge in [0.1, 0.15) is 23.5 Å². The number of nitrogens with zero attached hydrogens (tertiary/aromatic N) is 1. The van der Waals surface area contributed by atoms with Gasteiger partial charge in [-0.05, 0) is 56.9 Å². The van der Waals surface area contributed by atoms with Crippen LogP contribution in [0.3, 0.4) is 0 Å². The Kier molecular flexibility index (Phi) is 5.23. The van der Waals surface area contributed by atoms with Crippen molar-refractivity contribution in [3.63, 3.8) is 0 Å². The van der Waals surface area contributed by atoms with Gasteiger partial charge >= 0.3 is 0 Å². The molecule has 0 unspecified atom stereocenters. The van der Waals surface area contributed by atoms with E-state index in [-0.39, 0.29) is 23.2 Å². The zero-order valence-electron chi connectivity index (χ0n) is 15.2. The van der Waals surface area contributed by atoms with Crippen LogP contribution in [0.15, 0.2) is 41.0 Å². The number of benzene rings is 1. The number of hydrogen-bond acceptors (Lipinski definition) is 6. The monoisotopic (exact) mass is 370 g/mol. The van der Waals surface area contributed by atoms with Crippen LogP contribution < -0.4 is 5.32 Å². The van der Waals surface area contributed by atoms with Crippen LogP contribution in [0.5, 0.6) is 17.2 Å². The number of phenolic OH excluding ortho intramolecular Hbond substituents is 2. The van der Waals surface area contributed by atoms with Gasteiger partial charge < -0.3 is 30.0 Å². The number of carbonyl (C=O) groups is 1. The van der Waals surface area contributed by atoms with Crippen LogP contribution in [0.4, 0.5) is 0 Å². The second-order valence-electron chi connectivity index (χ2n) is 6.67. The fraction of sp³-hybridized carbons (Fsp3) is 0.250. The molecule has 1 aliphatic carbocycles. The summed E-state index contributed by atoms with van der Waals surface area (Å²) in [6.45, 7) is 1.37. The summed E-state index contributed by atoms with van der Waals surface area (Å²) in [7, 11) is 3.93. The summed E-state index contributed by atoms with van der Waals surface area (Å²) in [5.74, 6) is -0.202. The number of hydrogen-bond donors (Lipinski definition) is 4. The SMILES string of the molecule is CN(C)CCCNC(=O)c1cc(-c2cc(O)cc(O)c2)c2occ(O)cc1-2. The normalized spacial score (nSPS) is 11.2. The Morgan fingerprint density at radius 2 is 1.70 bits per heavy atom. The maximum Gasteiger partial charge on any atom is 0.252 e. The lowest BCUT2D eigenvalue weighted by atomic mass is 10.1. The van der Waals surface area contributed by atoms with Gasteiger partial charge in [-0.1, -0.05) is 0 Å². The van der Waals surface area contributed by atoms with Crippen LogP contribution in [0.2, 0.25) is 0 Å². The standard InChI is InChI=1S/C20H22N2O5/c1-22(2)5-3-4-21-20(26)18-10-16(12-6-13(23)8-14(24)7-12)19-17(18)9-15(25)11-27-19/h6-11,23-25H,3-5H2,1-2H3,(H,21,26). The van der Waals surface area contributed by atoms with Gasteiger partial charge in [-0.25, -0.2) is 0 Å². The lowest BCUT2D eigenvalue weighted by molar-refractivity contribution is 0.0953. The number of amides is 1. The summed E-state index contributed by atoms with van der Waals surface area (Å²) >= 11 is 0. The molecule has 0 aromatic heterocycles. The summed E-state index contributed by atoms with van der Waals surface area (Å²) in [6.07, 6.45) is 1.98. The molecule has 1 heterocycles. The molecule has 1 aromatic carbocycles. The summed E-state index contributed by atoms with van der Waals surface area (Å²) in [6, 6.07) is 7.24. The Morgan fingerprint density at radius 1 is 1.00 bits per heavy atom. The highest BCUT2D eigenvalue weighted by atomic mass is 16.3. The molecule has 7 heteroatoms. The average molecular weight is 370 g/mol. The molecule has 2 aliphatic rings. The first kappa shape index (κ1) is 18.6. The van der Waals surface area contributed by atoms with Crippen LogP contribution >= 0.6 is 0 Å². The molecule has 3 rings (SSSR count). The molecule has 0 saturated heterocycles. The Bertz CT molecular complexity index is 912. The van der Waals surface area contributed by atoms with Gasteiger partial charge in [-0.15, -0.1) is 0 Å². The molecule has 142 valence electrons. The third-order valence-electron chi connectivity index (χ3n) is 4.18. The summed E-state index contributed by atoms with van der Waals surface area (Å²) < 4.78 is 5.50. The average Bonchev–Trinajstić information content (AvgIpc) is 2.96. The summed E-state index contributed by atoms with van der Waals surface area (Å²) in [5, 5.41) is 32.2. The maximum absolute atomic E-state index is 12.6. The van der Waals surface area contributed by atoms with Gasteiger partial charge in [0.05, 0.1) is 5.56 Å². The summed E-state index contributed by atoms with van der Waals surface area (Å²) in [5.41, 5.74) is 1.85. The van der Waals surface area contributed by atoms with Crippen molar-refractivity contribution in [1.29, 1.82) is 0 Å². The molecule has 0 atom stereocenters. The van der Waals surface area contributed by atoms with Crippen LogP contribution in [-0.2, 0) is 0 Å². The highest BCUT2D eigenvalue weighted by Crippen LogP contribution is 2.42. The number of nitrogens with one attached hydrogen (secondary N) is 1. The Morgan fingerprint density at radius 3 is 2.37 bits per heavy atom. The van der Waals surface area contributed by atoms with Crippen LogP contribution in [0.25, 0.3) is 22.5 Å². The molecule has 1 amide bonds. The molecular weight excluding hydrogens is 348 g/mol. The molecule has 0 spiro atoms. The van der Waals surface area contributed by atoms with Gasteiger partial charge in [0.15, 0.2) is 5.75 Å². The first-order valence-corrected chi connectivity index (χ1v) is 8.55. The van der Waals surface area contributed by atoms with Crippen LogP contribution in [-0.4, -0.2) is 53.3 Å². The second kappa shape index (κ2) is 7.59. The van der Waals surface area contributed by atoms with Crippen LogP contribution in [0.1, 0.15) is 16.8 Å². The van der Waals surface area contributed by atoms with E-state index in [0.29, 0.717) is 34.6 Å². The quantitative estimate of drug-likeness (QED) is 0.497. The first-order chi connectivity index (χ1) is 12.8. The Labute approximate surface area is 156 Å². The van der Waals surface area contributed by atoms with E-state index in [0.717, 1.165) is 13.0 Å². The van der Waals surface area contributed by atoms with E-state index in [2.05, 4.69) is 5.32 Å². The van der Waals surface area contributed by atoms with Crippen molar-refractivity contribution >= 4 is 5.91 Å². The predicted octanol–water partition coefficient (Wildman–Crippen LogP) is 2.85. The smallest absolute Gasteiger partial charge is 0.252 e. The molecule has 4 N–H and O–H groups in total. The van der Waals surface area contributed by atoms with Gasteiger partial charge in [0, 0.05) is 23.7 Å². The minimum atomic E-state index is -0.282. The van der Waals surface area contributed by atoms with Crippen molar-refractivity contribution < 1.29 is 24.5 Å². The lowest BCUT2D eigenvalue weighted by Crippen LogP contribution is -2.27. The number of fused-ring (bicyclic) bond motifs is 1. The van der Waals surface area contributed by atoms with E-state index in [1.807, 2.05) is 19.0 Å². The predicted molar refractivity (Wildman–Crippen MR) is 101 cm³/mol. The molecule has 0 fully saturated rings. The third-order valence-corrected chi connectivity index (χ3v) is 4.18. The minimum absolute atomic E-state index is 0.0972. The third kappa shape index (κ3) is 4.15. The highest BCUT2D eigenvalue weighted by Gasteiger charge is 2.24. The Hall–Kier alpha value is -3.19. The highest BCUT2D eigenvalue weighted by molar-refractivity contribution is 6.05. The second-order valence-corrected chi connectivity index (χ2v) is 6.67. The largest absolute Gasteiger partial charge is 0.508 e. The zero-order valence-corrected chi connectivity index (χ0v) is 15.2. The molecule has 0 bridgehead atoms. The van der Waals surface area contributed by atoms with E-state index in [1.165, 1.54) is 30.5 Å². The van der Waals surface area contributed by atoms with E-state index < -0.39 is 0 Å². The first-order valence-electron chi connectivity index (χ1n) is 8.55. The van der Waals surface area contributed by atoms with E-state index in [1.54, 1.807) is 6.07 Å². The Balaban J connectivity index is 1.96. The molecule has 27 heavy (non-hydrogen) atoms.